The average molecular weight is 620 g/mol. The van der Waals surface area contributed by atoms with Crippen molar-refractivity contribution in [3.05, 3.63) is 95.3 Å². The first-order chi connectivity index (χ1) is 21.0. The zero-order valence-electron chi connectivity index (χ0n) is 25.1. The second kappa shape index (κ2) is 13.1. The number of halogens is 2. The number of anilines is 2. The zero-order valence-corrected chi connectivity index (χ0v) is 25.9. The average Bonchev–Trinajstić information content (AvgIpc) is 2.99. The monoisotopic (exact) mass is 619 g/mol. The fourth-order valence-corrected chi connectivity index (χ4v) is 6.73. The van der Waals surface area contributed by atoms with Crippen molar-refractivity contribution in [3.63, 3.8) is 0 Å². The van der Waals surface area contributed by atoms with Crippen molar-refractivity contribution in [2.75, 3.05) is 43.9 Å². The molecule has 0 saturated heterocycles. The topological polar surface area (TPSA) is 96.5 Å². The summed E-state index contributed by atoms with van der Waals surface area (Å²) in [6.07, 6.45) is 0.481. The fourth-order valence-electron chi connectivity index (χ4n) is 5.25. The molecule has 44 heavy (non-hydrogen) atoms. The number of benzene rings is 3. The molecular formula is C33H35F2N5O3S. The molecule has 11 heteroatoms. The van der Waals surface area contributed by atoms with Gasteiger partial charge in [0.25, 0.3) is 0 Å². The van der Waals surface area contributed by atoms with Crippen LogP contribution in [0.3, 0.4) is 0 Å². The van der Waals surface area contributed by atoms with Gasteiger partial charge in [-0.2, -0.15) is 4.31 Å². The van der Waals surface area contributed by atoms with Crippen molar-refractivity contribution < 1.29 is 21.9 Å². The summed E-state index contributed by atoms with van der Waals surface area (Å²) >= 11 is 0. The van der Waals surface area contributed by atoms with Crippen molar-refractivity contribution in [1.82, 2.24) is 14.3 Å². The van der Waals surface area contributed by atoms with Crippen molar-refractivity contribution in [2.45, 2.75) is 32.1 Å². The largest absolute Gasteiger partial charge is 0.497 e. The summed E-state index contributed by atoms with van der Waals surface area (Å²) in [5.74, 6) is -0.162. The van der Waals surface area contributed by atoms with Gasteiger partial charge >= 0.3 is 0 Å². The van der Waals surface area contributed by atoms with E-state index in [1.54, 1.807) is 18.2 Å². The van der Waals surface area contributed by atoms with Crippen molar-refractivity contribution in [1.29, 1.82) is 0 Å². The van der Waals surface area contributed by atoms with Gasteiger partial charge in [0.05, 0.1) is 23.0 Å². The molecule has 2 aromatic heterocycles. The Labute approximate surface area is 256 Å². The summed E-state index contributed by atoms with van der Waals surface area (Å²) in [6, 6.07) is 17.3. The summed E-state index contributed by atoms with van der Waals surface area (Å²) in [5.41, 5.74) is 5.07. The van der Waals surface area contributed by atoms with Crippen LogP contribution in [0, 0.1) is 32.4 Å². The van der Waals surface area contributed by atoms with Crippen LogP contribution >= 0.6 is 0 Å². The van der Waals surface area contributed by atoms with Crippen LogP contribution in [0.4, 0.5) is 20.2 Å². The predicted molar refractivity (Wildman–Crippen MR) is 171 cm³/mol. The van der Waals surface area contributed by atoms with E-state index in [0.717, 1.165) is 22.6 Å². The lowest BCUT2D eigenvalue weighted by molar-refractivity contribution is 0.412. The van der Waals surface area contributed by atoms with E-state index in [1.165, 1.54) is 47.8 Å². The van der Waals surface area contributed by atoms with E-state index in [2.05, 4.69) is 20.6 Å². The van der Waals surface area contributed by atoms with Crippen LogP contribution < -0.4 is 15.4 Å². The van der Waals surface area contributed by atoms with Crippen LogP contribution in [0.1, 0.15) is 23.4 Å². The molecule has 0 aliphatic carbocycles. The molecule has 0 bridgehead atoms. The number of methoxy groups -OCH3 is 1. The van der Waals surface area contributed by atoms with Crippen LogP contribution in [-0.4, -0.2) is 56.0 Å². The van der Waals surface area contributed by atoms with Crippen LogP contribution in [-0.2, 0) is 10.0 Å². The van der Waals surface area contributed by atoms with E-state index in [0.29, 0.717) is 46.2 Å². The van der Waals surface area contributed by atoms with E-state index in [1.807, 2.05) is 32.9 Å². The van der Waals surface area contributed by atoms with Crippen LogP contribution in [0.2, 0.25) is 0 Å². The van der Waals surface area contributed by atoms with Gasteiger partial charge in [0.15, 0.2) is 0 Å². The minimum absolute atomic E-state index is 0.153. The third kappa shape index (κ3) is 6.89. The number of rotatable bonds is 12. The molecule has 0 atom stereocenters. The smallest absolute Gasteiger partial charge is 0.243 e. The molecule has 0 aliphatic heterocycles. The van der Waals surface area contributed by atoms with Gasteiger partial charge in [-0.25, -0.2) is 17.2 Å². The lowest BCUT2D eigenvalue weighted by Gasteiger charge is -2.23. The summed E-state index contributed by atoms with van der Waals surface area (Å²) in [5, 5.41) is 7.94. The second-order valence-corrected chi connectivity index (χ2v) is 12.6. The Morgan fingerprint density at radius 3 is 2.16 bits per heavy atom. The summed E-state index contributed by atoms with van der Waals surface area (Å²) in [4.78, 5) is 9.19. The molecule has 5 rings (SSSR count). The lowest BCUT2D eigenvalue weighted by Crippen LogP contribution is -2.36. The minimum Gasteiger partial charge on any atom is -0.497 e. The summed E-state index contributed by atoms with van der Waals surface area (Å²) < 4.78 is 62.4. The maximum atomic E-state index is 14.3. The molecule has 2 heterocycles. The van der Waals surface area contributed by atoms with Gasteiger partial charge in [0.2, 0.25) is 10.0 Å². The van der Waals surface area contributed by atoms with E-state index >= 15 is 0 Å². The Hall–Kier alpha value is -4.35. The molecule has 230 valence electrons. The first-order valence-electron chi connectivity index (χ1n) is 14.3. The number of nitrogens with zero attached hydrogens (tertiary/aromatic N) is 3. The maximum absolute atomic E-state index is 14.3. The van der Waals surface area contributed by atoms with Crippen molar-refractivity contribution >= 4 is 43.2 Å². The third-order valence-electron chi connectivity index (χ3n) is 7.37. The molecule has 0 amide bonds. The Morgan fingerprint density at radius 1 is 0.773 bits per heavy atom. The summed E-state index contributed by atoms with van der Waals surface area (Å²) in [7, 11) is -2.34. The van der Waals surface area contributed by atoms with Crippen molar-refractivity contribution in [2.24, 2.45) is 0 Å². The molecule has 0 aliphatic rings. The first kappa shape index (κ1) is 31.1. The molecule has 0 unspecified atom stereocenters. The molecule has 0 radical (unpaired) electrons. The van der Waals surface area contributed by atoms with E-state index < -0.39 is 10.0 Å². The molecular weight excluding hydrogens is 584 g/mol. The highest BCUT2D eigenvalue weighted by atomic mass is 32.2. The van der Waals surface area contributed by atoms with Gasteiger partial charge in [-0.15, -0.1) is 0 Å². The van der Waals surface area contributed by atoms with E-state index in [-0.39, 0.29) is 36.2 Å². The number of hydrogen-bond acceptors (Lipinski definition) is 7. The Bertz CT molecular complexity index is 1920. The van der Waals surface area contributed by atoms with E-state index in [4.69, 9.17) is 4.74 Å². The molecule has 0 spiro atoms. The van der Waals surface area contributed by atoms with Crippen LogP contribution in [0.5, 0.6) is 5.75 Å². The Morgan fingerprint density at radius 2 is 1.43 bits per heavy atom. The van der Waals surface area contributed by atoms with Crippen LogP contribution in [0.15, 0.2) is 71.6 Å². The van der Waals surface area contributed by atoms with Gasteiger partial charge in [-0.3, -0.25) is 9.97 Å². The highest BCUT2D eigenvalue weighted by molar-refractivity contribution is 7.89. The second-order valence-electron chi connectivity index (χ2n) is 10.7. The normalized spacial score (nSPS) is 11.8. The highest BCUT2D eigenvalue weighted by Gasteiger charge is 2.24. The summed E-state index contributed by atoms with van der Waals surface area (Å²) in [6.45, 7) is 6.66. The SMILES string of the molecule is COc1ccc(S(=O)(=O)N(CCCNc2cc(C)nc3ccc(F)cc23)CCNc2cc(C)nc3c(C)cc(F)cc23)cc1. The lowest BCUT2D eigenvalue weighted by atomic mass is 10.1. The van der Waals surface area contributed by atoms with Gasteiger partial charge < -0.3 is 15.4 Å². The van der Waals surface area contributed by atoms with Gasteiger partial charge in [-0.1, -0.05) is 0 Å². The molecule has 3 aromatic carbocycles. The number of aromatic nitrogens is 2. The van der Waals surface area contributed by atoms with Gasteiger partial charge in [-0.05, 0) is 99.5 Å². The van der Waals surface area contributed by atoms with Gasteiger partial charge in [0, 0.05) is 59.7 Å². The minimum atomic E-state index is -3.86. The molecule has 0 saturated carbocycles. The number of nitrogens with one attached hydrogen (secondary N) is 2. The number of ether oxygens (including phenoxy) is 1. The van der Waals surface area contributed by atoms with Crippen LogP contribution in [0.25, 0.3) is 21.8 Å². The number of sulfonamides is 1. The predicted octanol–water partition coefficient (Wildman–Crippen LogP) is 6.60. The fraction of sp³-hybridized carbons (Fsp3) is 0.273. The molecule has 0 fully saturated rings. The first-order valence-corrected chi connectivity index (χ1v) is 15.8. The maximum Gasteiger partial charge on any atom is 0.243 e. The van der Waals surface area contributed by atoms with E-state index in [9.17, 15) is 17.2 Å². The molecule has 5 aromatic rings. The third-order valence-corrected chi connectivity index (χ3v) is 9.28. The highest BCUT2D eigenvalue weighted by Crippen LogP contribution is 2.28. The standard InChI is InChI=1S/C33H35F2N5O3S/c1-21-16-25(35)20-29-32(18-23(3)39-33(21)29)37-13-15-40(44(41,42)27-9-7-26(43-4)8-10-27)14-5-12-36-31-17-22(2)38-30-11-6-24(34)19-28(30)31/h6-11,16-20H,5,12-15H2,1-4H3,(H,36,38)(H,37,39). The van der Waals surface area contributed by atoms with Crippen molar-refractivity contribution in [3.8, 4) is 5.75 Å². The Kier molecular flexibility index (Phi) is 9.26. The number of pyridine rings is 2. The number of aryl methyl sites for hydroxylation is 3. The number of fused-ring (bicyclic) bond motifs is 2. The van der Waals surface area contributed by atoms with Gasteiger partial charge in [0.1, 0.15) is 17.4 Å². The molecule has 8 nitrogen and oxygen atoms in total. The number of hydrogen-bond donors (Lipinski definition) is 2. The molecule has 2 N–H and O–H groups in total. The zero-order chi connectivity index (χ0) is 31.4. The quantitative estimate of drug-likeness (QED) is 0.152. The Balaban J connectivity index is 1.34.